The van der Waals surface area contributed by atoms with Gasteiger partial charge < -0.3 is 5.32 Å². The lowest BCUT2D eigenvalue weighted by molar-refractivity contribution is 0.169. The van der Waals surface area contributed by atoms with Crippen molar-refractivity contribution in [3.05, 3.63) is 28.5 Å². The van der Waals surface area contributed by atoms with Crippen LogP contribution in [0.2, 0.25) is 0 Å². The predicted octanol–water partition coefficient (Wildman–Crippen LogP) is 3.04. The van der Waals surface area contributed by atoms with Crippen molar-refractivity contribution in [1.82, 2.24) is 15.2 Å². The molecule has 0 bridgehead atoms. The van der Waals surface area contributed by atoms with E-state index in [9.17, 15) is 0 Å². The summed E-state index contributed by atoms with van der Waals surface area (Å²) in [7, 11) is 0. The van der Waals surface area contributed by atoms with Gasteiger partial charge in [-0.15, -0.1) is 24.8 Å². The zero-order chi connectivity index (χ0) is 11.4. The molecule has 0 unspecified atom stereocenters. The maximum absolute atomic E-state index is 4.32. The molecule has 3 nitrogen and oxygen atoms in total. The van der Waals surface area contributed by atoms with E-state index in [1.807, 2.05) is 12.3 Å². The zero-order valence-corrected chi connectivity index (χ0v) is 13.7. The van der Waals surface area contributed by atoms with E-state index in [0.717, 1.165) is 37.2 Å². The number of nitrogens with zero attached hydrogens (tertiary/aromatic N) is 2. The van der Waals surface area contributed by atoms with E-state index < -0.39 is 0 Å². The van der Waals surface area contributed by atoms with E-state index in [2.05, 4.69) is 44.1 Å². The molecule has 1 N–H and O–H groups in total. The molecule has 1 saturated heterocycles. The number of piperazine rings is 1. The lowest BCUT2D eigenvalue weighted by Crippen LogP contribution is -2.45. The fourth-order valence-electron chi connectivity index (χ4n) is 2.28. The second kappa shape index (κ2) is 9.10. The zero-order valence-electron chi connectivity index (χ0n) is 10.4. The normalized spacial score (nSPS) is 17.4. The first-order valence-electron chi connectivity index (χ1n) is 5.87. The van der Waals surface area contributed by atoms with Crippen LogP contribution in [0.4, 0.5) is 0 Å². The summed E-state index contributed by atoms with van der Waals surface area (Å²) in [5.41, 5.74) is 1.33. The molecule has 1 aliphatic rings. The molecule has 18 heavy (non-hydrogen) atoms. The monoisotopic (exact) mass is 355 g/mol. The highest BCUT2D eigenvalue weighted by molar-refractivity contribution is 9.10. The van der Waals surface area contributed by atoms with E-state index in [4.69, 9.17) is 0 Å². The Hall–Kier alpha value is 0.130. The Morgan fingerprint density at radius 1 is 1.33 bits per heavy atom. The van der Waals surface area contributed by atoms with E-state index in [0.29, 0.717) is 6.04 Å². The highest BCUT2D eigenvalue weighted by Crippen LogP contribution is 2.24. The van der Waals surface area contributed by atoms with Crippen molar-refractivity contribution in [2.75, 3.05) is 26.2 Å². The van der Waals surface area contributed by atoms with E-state index in [-0.39, 0.29) is 24.8 Å². The first kappa shape index (κ1) is 18.1. The van der Waals surface area contributed by atoms with Crippen molar-refractivity contribution in [3.63, 3.8) is 0 Å². The lowest BCUT2D eigenvalue weighted by Gasteiger charge is -2.34. The molecule has 2 rings (SSSR count). The summed E-state index contributed by atoms with van der Waals surface area (Å²) >= 11 is 3.38. The number of halogens is 3. The summed E-state index contributed by atoms with van der Waals surface area (Å²) in [4.78, 5) is 6.86. The molecule has 0 aromatic carbocycles. The molecule has 0 saturated carbocycles. The van der Waals surface area contributed by atoms with Crippen LogP contribution in [0.5, 0.6) is 0 Å². The molecule has 104 valence electrons. The average molecular weight is 357 g/mol. The Balaban J connectivity index is 0.00000144. The Labute approximate surface area is 130 Å². The van der Waals surface area contributed by atoms with Crippen LogP contribution in [0.15, 0.2) is 22.9 Å². The second-order valence-corrected chi connectivity index (χ2v) is 4.94. The van der Waals surface area contributed by atoms with Crippen molar-refractivity contribution in [1.29, 1.82) is 0 Å². The highest BCUT2D eigenvalue weighted by atomic mass is 79.9. The predicted molar refractivity (Wildman–Crippen MR) is 83.9 cm³/mol. The summed E-state index contributed by atoms with van der Waals surface area (Å²) in [6, 6.07) is 4.72. The van der Waals surface area contributed by atoms with Gasteiger partial charge in [-0.05, 0) is 34.0 Å². The SMILES string of the molecule is CC[C@@H](c1ccc(Br)nc1)N1CCNCC1.Cl.Cl. The molecule has 1 atom stereocenters. The number of nitrogens with one attached hydrogen (secondary N) is 1. The maximum atomic E-state index is 4.32. The van der Waals surface area contributed by atoms with Crippen LogP contribution in [0.3, 0.4) is 0 Å². The molecule has 1 fully saturated rings. The van der Waals surface area contributed by atoms with Crippen LogP contribution >= 0.6 is 40.7 Å². The summed E-state index contributed by atoms with van der Waals surface area (Å²) < 4.78 is 0.909. The van der Waals surface area contributed by atoms with E-state index >= 15 is 0 Å². The Morgan fingerprint density at radius 3 is 2.50 bits per heavy atom. The standard InChI is InChI=1S/C12H18BrN3.2ClH/c1-2-11(16-7-5-14-6-8-16)10-3-4-12(13)15-9-10;;/h3-4,9,11,14H,2,5-8H2,1H3;2*1H/t11-;;/m0../s1. The Morgan fingerprint density at radius 2 is 2.00 bits per heavy atom. The minimum absolute atomic E-state index is 0. The Kier molecular flexibility index (Phi) is 9.17. The third-order valence-corrected chi connectivity index (χ3v) is 3.58. The number of pyridine rings is 1. The van der Waals surface area contributed by atoms with E-state index in [1.165, 1.54) is 5.56 Å². The van der Waals surface area contributed by atoms with Crippen molar-refractivity contribution in [3.8, 4) is 0 Å². The molecule has 0 amide bonds. The van der Waals surface area contributed by atoms with Gasteiger partial charge in [0.2, 0.25) is 0 Å². The van der Waals surface area contributed by atoms with E-state index in [1.54, 1.807) is 0 Å². The van der Waals surface area contributed by atoms with Gasteiger partial charge in [-0.3, -0.25) is 4.90 Å². The van der Waals surface area contributed by atoms with Crippen LogP contribution in [0, 0.1) is 0 Å². The highest BCUT2D eigenvalue weighted by Gasteiger charge is 2.20. The largest absolute Gasteiger partial charge is 0.314 e. The van der Waals surface area contributed by atoms with Gasteiger partial charge in [0.25, 0.3) is 0 Å². The molecule has 0 radical (unpaired) electrons. The van der Waals surface area contributed by atoms with Gasteiger partial charge >= 0.3 is 0 Å². The molecule has 0 aliphatic carbocycles. The van der Waals surface area contributed by atoms with Gasteiger partial charge in [0.15, 0.2) is 0 Å². The molecule has 1 aromatic rings. The van der Waals surface area contributed by atoms with Gasteiger partial charge in [0.1, 0.15) is 4.60 Å². The fourth-order valence-corrected chi connectivity index (χ4v) is 2.52. The molecular weight excluding hydrogens is 337 g/mol. The van der Waals surface area contributed by atoms with Crippen molar-refractivity contribution in [2.24, 2.45) is 0 Å². The summed E-state index contributed by atoms with van der Waals surface area (Å²) in [6.45, 7) is 6.71. The van der Waals surface area contributed by atoms with Gasteiger partial charge in [0.05, 0.1) is 0 Å². The average Bonchev–Trinajstić information content (AvgIpc) is 2.34. The summed E-state index contributed by atoms with van der Waals surface area (Å²) in [5.74, 6) is 0. The third-order valence-electron chi connectivity index (χ3n) is 3.11. The second-order valence-electron chi connectivity index (χ2n) is 4.12. The van der Waals surface area contributed by atoms with Gasteiger partial charge in [-0.1, -0.05) is 13.0 Å². The minimum atomic E-state index is 0. The number of hydrogen-bond donors (Lipinski definition) is 1. The fraction of sp³-hybridized carbons (Fsp3) is 0.583. The Bertz CT molecular complexity index is 329. The van der Waals surface area contributed by atoms with Crippen LogP contribution in [-0.2, 0) is 0 Å². The smallest absolute Gasteiger partial charge is 0.106 e. The van der Waals surface area contributed by atoms with Crippen molar-refractivity contribution < 1.29 is 0 Å². The van der Waals surface area contributed by atoms with Crippen LogP contribution < -0.4 is 5.32 Å². The molecule has 6 heteroatoms. The number of hydrogen-bond acceptors (Lipinski definition) is 3. The summed E-state index contributed by atoms with van der Waals surface area (Å²) in [5, 5.41) is 3.39. The van der Waals surface area contributed by atoms with Gasteiger partial charge in [-0.2, -0.15) is 0 Å². The minimum Gasteiger partial charge on any atom is -0.314 e. The van der Waals surface area contributed by atoms with Crippen LogP contribution in [-0.4, -0.2) is 36.1 Å². The van der Waals surface area contributed by atoms with Crippen LogP contribution in [0.25, 0.3) is 0 Å². The summed E-state index contributed by atoms with van der Waals surface area (Å²) in [6.07, 6.45) is 3.13. The number of aromatic nitrogens is 1. The maximum Gasteiger partial charge on any atom is 0.106 e. The first-order valence-corrected chi connectivity index (χ1v) is 6.66. The van der Waals surface area contributed by atoms with Crippen molar-refractivity contribution in [2.45, 2.75) is 19.4 Å². The van der Waals surface area contributed by atoms with Crippen LogP contribution in [0.1, 0.15) is 24.9 Å². The molecule has 1 aromatic heterocycles. The molecular formula is C12H20BrCl2N3. The molecule has 2 heterocycles. The molecule has 1 aliphatic heterocycles. The third kappa shape index (κ3) is 4.67. The molecule has 0 spiro atoms. The van der Waals surface area contributed by atoms with Gasteiger partial charge in [-0.25, -0.2) is 4.98 Å². The van der Waals surface area contributed by atoms with Crippen molar-refractivity contribution >= 4 is 40.7 Å². The first-order chi connectivity index (χ1) is 7.81. The number of rotatable bonds is 3. The topological polar surface area (TPSA) is 28.2 Å². The van der Waals surface area contributed by atoms with Gasteiger partial charge in [0, 0.05) is 38.4 Å². The lowest BCUT2D eigenvalue weighted by atomic mass is 10.0. The quantitative estimate of drug-likeness (QED) is 0.843.